The van der Waals surface area contributed by atoms with Gasteiger partial charge in [-0.3, -0.25) is 19.4 Å². The molecule has 0 radical (unpaired) electrons. The minimum Gasteiger partial charge on any atom is -0.495 e. The number of urea groups is 1. The van der Waals surface area contributed by atoms with Crippen LogP contribution in [0, 0.1) is 0 Å². The number of carbonyl (C=O) groups excluding carboxylic acids is 3. The number of ether oxygens (including phenoxy) is 2. The summed E-state index contributed by atoms with van der Waals surface area (Å²) in [6.45, 7) is 5.88. The number of hydrogen-bond acceptors (Lipinski definition) is 9. The zero-order valence-corrected chi connectivity index (χ0v) is 23.4. The second-order valence-electron chi connectivity index (χ2n) is 9.13. The van der Waals surface area contributed by atoms with E-state index < -0.39 is 6.03 Å². The molecule has 0 saturated carbocycles. The van der Waals surface area contributed by atoms with Gasteiger partial charge in [-0.1, -0.05) is 29.8 Å². The number of carbonyl (C=O) groups is 3. The van der Waals surface area contributed by atoms with Gasteiger partial charge in [0.2, 0.25) is 11.9 Å². The lowest BCUT2D eigenvalue weighted by Gasteiger charge is -2.36. The number of halogens is 2. The number of methoxy groups -OCH3 is 2. The molecule has 1 fully saturated rings. The third kappa shape index (κ3) is 5.72. The summed E-state index contributed by atoms with van der Waals surface area (Å²) in [4.78, 5) is 48.8. The smallest absolute Gasteiger partial charge is 0.330 e. The van der Waals surface area contributed by atoms with E-state index in [1.165, 1.54) is 30.9 Å². The Bertz CT molecular complexity index is 1310. The molecule has 2 aromatic rings. The number of Topliss-reactive ketones (excluding diaryl/α,β-unsaturated/α-hetero) is 1. The Morgan fingerprint density at radius 1 is 1.21 bits per heavy atom. The Morgan fingerprint density at radius 3 is 2.49 bits per heavy atom. The van der Waals surface area contributed by atoms with Gasteiger partial charge >= 0.3 is 6.03 Å². The van der Waals surface area contributed by atoms with Crippen LogP contribution in [0.25, 0.3) is 0 Å². The van der Waals surface area contributed by atoms with E-state index in [-0.39, 0.29) is 65.0 Å². The topological polar surface area (TPSA) is 138 Å². The van der Waals surface area contributed by atoms with E-state index in [2.05, 4.69) is 32.5 Å². The van der Waals surface area contributed by atoms with E-state index in [0.29, 0.717) is 35.0 Å². The SMILES string of the molecule is C=C(CNC1CC(=O)NCC1Nc1ncc2c(n1)N(C)C(=O)N(c1c(Cl)c(OC)cc(OC)c1Cl)C2)C(C)=O. The summed E-state index contributed by atoms with van der Waals surface area (Å²) in [5.74, 6) is 1.06. The predicted molar refractivity (Wildman–Crippen MR) is 148 cm³/mol. The monoisotopic (exact) mass is 577 g/mol. The number of ketones is 1. The van der Waals surface area contributed by atoms with Gasteiger partial charge in [0.25, 0.3) is 0 Å². The number of anilines is 3. The van der Waals surface area contributed by atoms with Crippen molar-refractivity contribution in [3.63, 3.8) is 0 Å². The van der Waals surface area contributed by atoms with E-state index in [9.17, 15) is 14.4 Å². The first-order valence-corrected chi connectivity index (χ1v) is 12.8. The molecule has 14 heteroatoms. The molecule has 1 saturated heterocycles. The quantitative estimate of drug-likeness (QED) is 0.384. The van der Waals surface area contributed by atoms with E-state index in [0.717, 1.165) is 0 Å². The third-order valence-corrected chi connectivity index (χ3v) is 7.36. The van der Waals surface area contributed by atoms with Gasteiger partial charge in [-0.05, 0) is 6.92 Å². The van der Waals surface area contributed by atoms with Crippen molar-refractivity contribution in [1.82, 2.24) is 20.6 Å². The van der Waals surface area contributed by atoms with Crippen LogP contribution in [0.15, 0.2) is 24.4 Å². The highest BCUT2D eigenvalue weighted by molar-refractivity contribution is 6.42. The van der Waals surface area contributed by atoms with Crippen molar-refractivity contribution in [3.05, 3.63) is 40.0 Å². The molecule has 3 amide bonds. The van der Waals surface area contributed by atoms with Crippen molar-refractivity contribution < 1.29 is 23.9 Å². The van der Waals surface area contributed by atoms with Crippen LogP contribution in [0.1, 0.15) is 18.9 Å². The number of rotatable bonds is 9. The second-order valence-corrected chi connectivity index (χ2v) is 9.89. The molecule has 39 heavy (non-hydrogen) atoms. The third-order valence-electron chi connectivity index (χ3n) is 6.63. The van der Waals surface area contributed by atoms with Crippen molar-refractivity contribution >= 4 is 58.4 Å². The van der Waals surface area contributed by atoms with Crippen LogP contribution in [0.5, 0.6) is 11.5 Å². The normalized spacial score (nSPS) is 18.8. The molecule has 3 N–H and O–H groups in total. The van der Waals surface area contributed by atoms with Crippen LogP contribution in [0.4, 0.5) is 22.2 Å². The molecular weight excluding hydrogens is 549 g/mol. The molecule has 0 bridgehead atoms. The molecule has 2 aliphatic heterocycles. The van der Waals surface area contributed by atoms with Crippen molar-refractivity contribution in [3.8, 4) is 11.5 Å². The average Bonchev–Trinajstić information content (AvgIpc) is 2.91. The number of hydrogen-bond donors (Lipinski definition) is 3. The van der Waals surface area contributed by atoms with Crippen LogP contribution in [-0.4, -0.2) is 74.1 Å². The lowest BCUT2D eigenvalue weighted by Crippen LogP contribution is -2.57. The molecule has 2 unspecified atom stereocenters. The maximum Gasteiger partial charge on any atom is 0.330 e. The molecule has 1 aromatic heterocycles. The van der Waals surface area contributed by atoms with Crippen molar-refractivity contribution in [1.29, 1.82) is 0 Å². The molecular formula is C25H29Cl2N7O5. The van der Waals surface area contributed by atoms with Crippen LogP contribution in [0.2, 0.25) is 10.0 Å². The highest BCUT2D eigenvalue weighted by Crippen LogP contribution is 2.47. The fraction of sp³-hybridized carbons (Fsp3) is 0.400. The van der Waals surface area contributed by atoms with Crippen LogP contribution < -0.4 is 35.2 Å². The van der Waals surface area contributed by atoms with Gasteiger partial charge in [-0.2, -0.15) is 4.98 Å². The van der Waals surface area contributed by atoms with Crippen LogP contribution >= 0.6 is 23.2 Å². The number of amides is 3. The first kappa shape index (κ1) is 28.4. The van der Waals surface area contributed by atoms with E-state index >= 15 is 0 Å². The van der Waals surface area contributed by atoms with E-state index in [1.807, 2.05) is 0 Å². The highest BCUT2D eigenvalue weighted by Gasteiger charge is 2.35. The standard InChI is InChI=1S/C25H29Cl2N7O5/c1-12(13(2)35)8-28-15-6-19(36)29-10-16(15)31-24-30-9-14-11-34(25(37)33(3)23(14)32-24)22-20(26)17(38-4)7-18(39-5)21(22)27/h7,9,15-16,28H,1,6,8,10-11H2,2-5H3,(H,29,36)(H,30,31,32). The summed E-state index contributed by atoms with van der Waals surface area (Å²) >= 11 is 13.1. The Balaban J connectivity index is 1.58. The van der Waals surface area contributed by atoms with Crippen LogP contribution in [0.3, 0.4) is 0 Å². The molecule has 12 nitrogen and oxygen atoms in total. The Morgan fingerprint density at radius 2 is 1.87 bits per heavy atom. The van der Waals surface area contributed by atoms with Crippen molar-refractivity contribution in [2.45, 2.75) is 32.0 Å². The number of piperidine rings is 1. The molecule has 2 aliphatic rings. The van der Waals surface area contributed by atoms with Gasteiger partial charge in [-0.25, -0.2) is 9.78 Å². The number of aromatic nitrogens is 2. The fourth-order valence-corrected chi connectivity index (χ4v) is 5.06. The Kier molecular flexibility index (Phi) is 8.48. The molecule has 0 aliphatic carbocycles. The molecule has 2 atom stereocenters. The van der Waals surface area contributed by atoms with Gasteiger partial charge in [-0.15, -0.1) is 0 Å². The average molecular weight is 578 g/mol. The summed E-state index contributed by atoms with van der Waals surface area (Å²) in [7, 11) is 4.50. The largest absolute Gasteiger partial charge is 0.495 e. The maximum atomic E-state index is 13.5. The molecule has 0 spiro atoms. The number of benzene rings is 1. The lowest BCUT2D eigenvalue weighted by molar-refractivity contribution is -0.123. The first-order valence-electron chi connectivity index (χ1n) is 12.0. The van der Waals surface area contributed by atoms with Gasteiger partial charge in [0.15, 0.2) is 5.78 Å². The molecule has 208 valence electrons. The minimum absolute atomic E-state index is 0.103. The molecule has 4 rings (SSSR count). The Hall–Kier alpha value is -3.61. The van der Waals surface area contributed by atoms with E-state index in [4.69, 9.17) is 32.7 Å². The van der Waals surface area contributed by atoms with Gasteiger partial charge in [0.05, 0.1) is 32.5 Å². The zero-order valence-electron chi connectivity index (χ0n) is 21.9. The van der Waals surface area contributed by atoms with Crippen molar-refractivity contribution in [2.24, 2.45) is 0 Å². The number of fused-ring (bicyclic) bond motifs is 1. The van der Waals surface area contributed by atoms with Gasteiger partial charge in [0, 0.05) is 56.0 Å². The van der Waals surface area contributed by atoms with Gasteiger partial charge in [0.1, 0.15) is 27.4 Å². The summed E-state index contributed by atoms with van der Waals surface area (Å²) in [6, 6.07) is 0.561. The molecule has 3 heterocycles. The fourth-order valence-electron chi connectivity index (χ4n) is 4.35. The summed E-state index contributed by atoms with van der Waals surface area (Å²) in [6.07, 6.45) is 1.81. The molecule has 1 aromatic carbocycles. The Labute approximate surface area is 235 Å². The summed E-state index contributed by atoms with van der Waals surface area (Å²) in [5, 5.41) is 9.61. The zero-order chi connectivity index (χ0) is 28.4. The predicted octanol–water partition coefficient (Wildman–Crippen LogP) is 2.78. The maximum absolute atomic E-state index is 13.5. The summed E-state index contributed by atoms with van der Waals surface area (Å²) in [5.41, 5.74) is 1.32. The van der Waals surface area contributed by atoms with E-state index in [1.54, 1.807) is 19.3 Å². The first-order chi connectivity index (χ1) is 18.5. The second kappa shape index (κ2) is 11.6. The highest BCUT2D eigenvalue weighted by atomic mass is 35.5. The van der Waals surface area contributed by atoms with Crippen LogP contribution in [-0.2, 0) is 16.1 Å². The summed E-state index contributed by atoms with van der Waals surface area (Å²) < 4.78 is 10.7. The number of nitrogens with zero attached hydrogens (tertiary/aromatic N) is 4. The number of nitrogens with one attached hydrogen (secondary N) is 3. The lowest BCUT2D eigenvalue weighted by atomic mass is 9.99. The van der Waals surface area contributed by atoms with Crippen molar-refractivity contribution in [2.75, 3.05) is 49.5 Å². The minimum atomic E-state index is -0.418. The van der Waals surface area contributed by atoms with Gasteiger partial charge < -0.3 is 25.4 Å².